The van der Waals surface area contributed by atoms with Gasteiger partial charge in [-0.25, -0.2) is 4.98 Å². The highest BCUT2D eigenvalue weighted by Crippen LogP contribution is 2.24. The summed E-state index contributed by atoms with van der Waals surface area (Å²) < 4.78 is 0. The molecule has 21 heavy (non-hydrogen) atoms. The first-order chi connectivity index (χ1) is 10.2. The molecule has 4 nitrogen and oxygen atoms in total. The Morgan fingerprint density at radius 1 is 1.14 bits per heavy atom. The van der Waals surface area contributed by atoms with Crippen molar-refractivity contribution in [2.45, 2.75) is 24.8 Å². The number of nitrogens with zero attached hydrogens (tertiary/aromatic N) is 3. The van der Waals surface area contributed by atoms with Crippen LogP contribution in [0.1, 0.15) is 16.8 Å². The SMILES string of the molecule is Cc1ccc(-c2nc(SCc3ccccn3)n[nH]2)c(C)c1. The first-order valence-corrected chi connectivity index (χ1v) is 7.73. The van der Waals surface area contributed by atoms with Gasteiger partial charge in [-0.05, 0) is 31.5 Å². The van der Waals surface area contributed by atoms with E-state index in [1.807, 2.05) is 18.2 Å². The van der Waals surface area contributed by atoms with E-state index < -0.39 is 0 Å². The van der Waals surface area contributed by atoms with Gasteiger partial charge in [-0.2, -0.15) is 0 Å². The van der Waals surface area contributed by atoms with Crippen LogP contribution >= 0.6 is 11.8 Å². The Labute approximate surface area is 128 Å². The van der Waals surface area contributed by atoms with Crippen molar-refractivity contribution in [3.8, 4) is 11.4 Å². The monoisotopic (exact) mass is 296 g/mol. The smallest absolute Gasteiger partial charge is 0.209 e. The predicted octanol–water partition coefficient (Wildman–Crippen LogP) is 3.78. The average molecular weight is 296 g/mol. The molecule has 0 aliphatic carbocycles. The van der Waals surface area contributed by atoms with Crippen molar-refractivity contribution in [1.82, 2.24) is 20.2 Å². The van der Waals surface area contributed by atoms with Crippen molar-refractivity contribution in [1.29, 1.82) is 0 Å². The second-order valence-electron chi connectivity index (χ2n) is 4.89. The van der Waals surface area contributed by atoms with E-state index in [-0.39, 0.29) is 0 Å². The number of hydrogen-bond acceptors (Lipinski definition) is 4. The largest absolute Gasteiger partial charge is 0.260 e. The quantitative estimate of drug-likeness (QED) is 0.744. The van der Waals surface area contributed by atoms with Crippen LogP contribution in [0.5, 0.6) is 0 Å². The minimum Gasteiger partial charge on any atom is -0.260 e. The highest BCUT2D eigenvalue weighted by molar-refractivity contribution is 7.98. The molecule has 0 spiro atoms. The second-order valence-corrected chi connectivity index (χ2v) is 5.84. The molecule has 0 saturated heterocycles. The van der Waals surface area contributed by atoms with Gasteiger partial charge in [0.15, 0.2) is 5.82 Å². The number of hydrogen-bond donors (Lipinski definition) is 1. The highest BCUT2D eigenvalue weighted by atomic mass is 32.2. The van der Waals surface area contributed by atoms with Gasteiger partial charge in [-0.15, -0.1) is 5.10 Å². The molecule has 0 bridgehead atoms. The normalized spacial score (nSPS) is 10.8. The fourth-order valence-electron chi connectivity index (χ4n) is 2.13. The lowest BCUT2D eigenvalue weighted by molar-refractivity contribution is 0.971. The third-order valence-electron chi connectivity index (χ3n) is 3.18. The summed E-state index contributed by atoms with van der Waals surface area (Å²) in [5, 5.41) is 8.03. The summed E-state index contributed by atoms with van der Waals surface area (Å²) in [4.78, 5) is 8.85. The number of aromatic amines is 1. The van der Waals surface area contributed by atoms with Crippen LogP contribution in [-0.2, 0) is 5.75 Å². The minimum atomic E-state index is 0.746. The van der Waals surface area contributed by atoms with Crippen molar-refractivity contribution < 1.29 is 0 Å². The maximum absolute atomic E-state index is 4.55. The van der Waals surface area contributed by atoms with E-state index in [4.69, 9.17) is 0 Å². The molecule has 5 heteroatoms. The fourth-order valence-corrected chi connectivity index (χ4v) is 2.85. The Morgan fingerprint density at radius 2 is 2.05 bits per heavy atom. The minimum absolute atomic E-state index is 0.746. The van der Waals surface area contributed by atoms with Gasteiger partial charge in [0, 0.05) is 17.5 Å². The Hall–Kier alpha value is -2.14. The molecule has 0 saturated carbocycles. The van der Waals surface area contributed by atoms with Gasteiger partial charge in [-0.3, -0.25) is 10.1 Å². The van der Waals surface area contributed by atoms with Crippen LogP contribution < -0.4 is 0 Å². The standard InChI is InChI=1S/C16H16N4S/c1-11-6-7-14(12(2)9-11)15-18-16(20-19-15)21-10-13-5-3-4-8-17-13/h3-9H,10H2,1-2H3,(H,18,19,20). The van der Waals surface area contributed by atoms with E-state index in [2.05, 4.69) is 52.2 Å². The van der Waals surface area contributed by atoms with Gasteiger partial charge in [0.2, 0.25) is 5.16 Å². The van der Waals surface area contributed by atoms with Crippen molar-refractivity contribution in [3.63, 3.8) is 0 Å². The molecule has 0 aliphatic rings. The summed E-state index contributed by atoms with van der Waals surface area (Å²) in [7, 11) is 0. The molecule has 0 aliphatic heterocycles. The van der Waals surface area contributed by atoms with Crippen LogP contribution in [0.15, 0.2) is 47.8 Å². The van der Waals surface area contributed by atoms with Crippen molar-refractivity contribution in [2.24, 2.45) is 0 Å². The summed E-state index contributed by atoms with van der Waals surface area (Å²) in [6, 6.07) is 12.2. The van der Waals surface area contributed by atoms with Gasteiger partial charge < -0.3 is 0 Å². The van der Waals surface area contributed by atoms with E-state index in [0.29, 0.717) is 0 Å². The third kappa shape index (κ3) is 3.31. The van der Waals surface area contributed by atoms with Gasteiger partial charge in [0.1, 0.15) is 0 Å². The Bertz CT molecular complexity index is 737. The number of aromatic nitrogens is 4. The number of thioether (sulfide) groups is 1. The van der Waals surface area contributed by atoms with Crippen LogP contribution in [0, 0.1) is 13.8 Å². The lowest BCUT2D eigenvalue weighted by atomic mass is 10.1. The number of H-pyrrole nitrogens is 1. The zero-order valence-corrected chi connectivity index (χ0v) is 12.8. The molecule has 1 aromatic carbocycles. The second kappa shape index (κ2) is 6.10. The third-order valence-corrected chi connectivity index (χ3v) is 4.06. The summed E-state index contributed by atoms with van der Waals surface area (Å²) in [6.45, 7) is 4.18. The maximum Gasteiger partial charge on any atom is 0.209 e. The summed E-state index contributed by atoms with van der Waals surface area (Å²) in [6.07, 6.45) is 1.80. The van der Waals surface area contributed by atoms with Crippen molar-refractivity contribution >= 4 is 11.8 Å². The van der Waals surface area contributed by atoms with Crippen molar-refractivity contribution in [3.05, 3.63) is 59.4 Å². The van der Waals surface area contributed by atoms with Crippen LogP contribution in [-0.4, -0.2) is 20.2 Å². The zero-order chi connectivity index (χ0) is 14.7. The Kier molecular flexibility index (Phi) is 4.01. The van der Waals surface area contributed by atoms with Gasteiger partial charge in [0.05, 0.1) is 5.69 Å². The fraction of sp³-hybridized carbons (Fsp3) is 0.188. The molecule has 0 unspecified atom stereocenters. The lowest BCUT2D eigenvalue weighted by Crippen LogP contribution is -1.87. The van der Waals surface area contributed by atoms with Crippen LogP contribution in [0.25, 0.3) is 11.4 Å². The molecule has 0 atom stereocenters. The Morgan fingerprint density at radius 3 is 2.81 bits per heavy atom. The summed E-state index contributed by atoms with van der Waals surface area (Å²) in [5.41, 5.74) is 4.58. The average Bonchev–Trinajstić information content (AvgIpc) is 2.95. The molecule has 3 aromatic rings. The molecule has 106 valence electrons. The molecule has 2 heterocycles. The van der Waals surface area contributed by atoms with Crippen molar-refractivity contribution in [2.75, 3.05) is 0 Å². The number of pyridine rings is 1. The van der Waals surface area contributed by atoms with Crippen LogP contribution in [0.2, 0.25) is 0 Å². The van der Waals surface area contributed by atoms with E-state index in [1.165, 1.54) is 11.1 Å². The molecular formula is C16H16N4S. The first-order valence-electron chi connectivity index (χ1n) is 6.75. The molecule has 0 amide bonds. The van der Waals surface area contributed by atoms with Gasteiger partial charge in [-0.1, -0.05) is 41.6 Å². The van der Waals surface area contributed by atoms with Crippen LogP contribution in [0.3, 0.4) is 0 Å². The van der Waals surface area contributed by atoms with Gasteiger partial charge >= 0.3 is 0 Å². The maximum atomic E-state index is 4.55. The molecule has 0 fully saturated rings. The van der Waals surface area contributed by atoms with E-state index in [0.717, 1.165) is 28.0 Å². The molecule has 3 rings (SSSR count). The molecular weight excluding hydrogens is 280 g/mol. The highest BCUT2D eigenvalue weighted by Gasteiger charge is 2.09. The molecule has 2 aromatic heterocycles. The lowest BCUT2D eigenvalue weighted by Gasteiger charge is -2.02. The summed E-state index contributed by atoms with van der Waals surface area (Å²) in [5.74, 6) is 1.58. The molecule has 1 N–H and O–H groups in total. The van der Waals surface area contributed by atoms with E-state index in [9.17, 15) is 0 Å². The predicted molar refractivity (Wildman–Crippen MR) is 85.1 cm³/mol. The van der Waals surface area contributed by atoms with E-state index in [1.54, 1.807) is 18.0 Å². The Balaban J connectivity index is 1.74. The zero-order valence-electron chi connectivity index (χ0n) is 12.0. The van der Waals surface area contributed by atoms with Crippen LogP contribution in [0.4, 0.5) is 0 Å². The topological polar surface area (TPSA) is 54.5 Å². The van der Waals surface area contributed by atoms with E-state index >= 15 is 0 Å². The number of nitrogens with one attached hydrogen (secondary N) is 1. The molecule has 0 radical (unpaired) electrons. The number of benzene rings is 1. The number of aryl methyl sites for hydroxylation is 2. The summed E-state index contributed by atoms with van der Waals surface area (Å²) >= 11 is 1.58. The number of rotatable bonds is 4. The van der Waals surface area contributed by atoms with Gasteiger partial charge in [0.25, 0.3) is 0 Å². The first kappa shape index (κ1) is 13.8.